The predicted molar refractivity (Wildman–Crippen MR) is 575 cm³/mol. The van der Waals surface area contributed by atoms with Crippen molar-refractivity contribution in [2.75, 3.05) is 9.80 Å². The number of hydrogen-bond donors (Lipinski definition) is 0. The van der Waals surface area contributed by atoms with Gasteiger partial charge in [-0.15, -0.1) is 0 Å². The third-order valence-electron chi connectivity index (χ3n) is 27.8. The van der Waals surface area contributed by atoms with Crippen LogP contribution in [0.1, 0.15) is 44.5 Å². The molecule has 5 heterocycles. The number of para-hydroxylation sites is 5. The molecular formula is C129H86AlN7O3. The molecule has 0 amide bonds. The van der Waals surface area contributed by atoms with Gasteiger partial charge in [0.1, 0.15) is 33.8 Å². The predicted octanol–water partition coefficient (Wildman–Crippen LogP) is 32.2. The van der Waals surface area contributed by atoms with E-state index in [-0.39, 0.29) is 0 Å². The van der Waals surface area contributed by atoms with E-state index in [0.29, 0.717) is 17.2 Å². The van der Waals surface area contributed by atoms with Crippen LogP contribution in [0.2, 0.25) is 0 Å². The molecule has 2 aliphatic rings. The molecule has 140 heavy (non-hydrogen) atoms. The Hall–Kier alpha value is -18.0. The lowest BCUT2D eigenvalue weighted by Gasteiger charge is -2.34. The van der Waals surface area contributed by atoms with Crippen molar-refractivity contribution in [1.29, 1.82) is 0 Å². The number of fused-ring (bicyclic) bond motifs is 12. The fourth-order valence-corrected chi connectivity index (χ4v) is 23.1. The van der Waals surface area contributed by atoms with Crippen molar-refractivity contribution in [3.05, 3.63) is 567 Å². The third kappa shape index (κ3) is 14.5. The van der Waals surface area contributed by atoms with Gasteiger partial charge in [-0.1, -0.05) is 382 Å². The molecule has 0 radical (unpaired) electrons. The lowest BCUT2D eigenvalue weighted by atomic mass is 9.68. The molecule has 25 aromatic rings. The van der Waals surface area contributed by atoms with Gasteiger partial charge in [-0.3, -0.25) is 24.9 Å². The molecule has 0 bridgehead atoms. The molecule has 27 rings (SSSR count). The molecule has 0 N–H and O–H groups in total. The molecule has 11 heteroatoms. The summed E-state index contributed by atoms with van der Waals surface area (Å²) in [6, 6.07) is 176. The highest BCUT2D eigenvalue weighted by atomic mass is 27.3. The van der Waals surface area contributed by atoms with Gasteiger partial charge >= 0.3 is 15.1 Å². The van der Waals surface area contributed by atoms with Crippen LogP contribution in [0.25, 0.3) is 131 Å². The van der Waals surface area contributed by atoms with Crippen molar-refractivity contribution in [3.63, 3.8) is 0 Å². The molecule has 0 saturated heterocycles. The van der Waals surface area contributed by atoms with Crippen LogP contribution in [0.15, 0.2) is 522 Å². The monoisotopic (exact) mass is 1810 g/mol. The van der Waals surface area contributed by atoms with Crippen LogP contribution in [-0.2, 0) is 10.8 Å². The average molecular weight is 1810 g/mol. The molecule has 0 saturated carbocycles. The van der Waals surface area contributed by atoms with Crippen LogP contribution < -0.4 is 21.2 Å². The Labute approximate surface area is 815 Å². The summed E-state index contributed by atoms with van der Waals surface area (Å²) in [5.74, 6) is 1.82. The first-order chi connectivity index (χ1) is 69.5. The van der Waals surface area contributed by atoms with E-state index in [4.69, 9.17) is 11.4 Å². The number of aromatic nitrogens is 5. The molecule has 10 nitrogen and oxygen atoms in total. The maximum Gasteiger partial charge on any atom is 1.20 e. The SMILES string of the molecule is c1ccc(-c2ccnc3c2ccc2c(-c4ccccc4)ccnc23)cc1.c1ccc(N(c2ccc(C3(c4ccccc4)c4ccccc4-c4ccccc43)cc2)c2ccc3ccc4c(N(c5ccccc5)c5ccc(C6(c7ccccc7)c7ccccc7-c7ccccc76)cc5)ccc5ccc2c3c54)cc1.c1cnc2c([O][Al]([O]c3cccc4cccnc34)[O]c3cccc4cccnc34)cccc2c1. The zero-order valence-corrected chi connectivity index (χ0v) is 77.2. The number of pyridine rings is 5. The molecule has 2 aliphatic carbocycles. The standard InChI is InChI=1S/C78H52N2.C24H16N2.3C9H7NO.Al/c1-5-21-55(22-6-1)77(69-33-17-13-29-63(69)64-30-14-18-34-70(64)77)57-41-45-61(46-42-57)79(59-25-9-3-10-26-59)73-51-39-53-38-50-68-74(52-40-54-37-49-67(73)75(53)76(54)68)80(60-27-11-4-12-28-60)62-47-43-58(44-48-62)78(56-23-7-2-8-24-56)71-35-19-15-31-65(71)66-32-16-20-36-72(66)78;1-3-7-17(8-4-1)19-13-15-25-23-21(19)11-12-22-20(14-16-26-24(22)23)18-9-5-2-6-10-18;3*11-8-5-1-3-7-4-2-6-10-9(7)8;/h1-52H;1-16H;3*1-6,11H;/q;;;;;+3/p-3. The molecule has 20 aromatic carbocycles. The molecule has 0 fully saturated rings. The van der Waals surface area contributed by atoms with Crippen LogP contribution in [0.3, 0.4) is 0 Å². The van der Waals surface area contributed by atoms with Gasteiger partial charge in [0.25, 0.3) is 0 Å². The van der Waals surface area contributed by atoms with Crippen LogP contribution in [-0.4, -0.2) is 40.1 Å². The Balaban J connectivity index is 0.000000140. The van der Waals surface area contributed by atoms with Crippen molar-refractivity contribution in [1.82, 2.24) is 24.9 Å². The first-order valence-corrected chi connectivity index (χ1v) is 48.8. The van der Waals surface area contributed by atoms with Gasteiger partial charge in [-0.25, -0.2) is 0 Å². The van der Waals surface area contributed by atoms with Crippen molar-refractivity contribution >= 4 is 136 Å². The summed E-state index contributed by atoms with van der Waals surface area (Å²) in [5, 5.41) is 12.5. The van der Waals surface area contributed by atoms with Gasteiger partial charge in [-0.05, 0) is 220 Å². The van der Waals surface area contributed by atoms with Gasteiger partial charge in [0.2, 0.25) is 0 Å². The Morgan fingerprint density at radius 1 is 0.186 bits per heavy atom. The smallest absolute Gasteiger partial charge is 0.576 e. The highest BCUT2D eigenvalue weighted by Crippen LogP contribution is 2.59. The maximum atomic E-state index is 6.41. The number of rotatable bonds is 18. The molecule has 0 atom stereocenters. The Bertz CT molecular complexity index is 8240. The van der Waals surface area contributed by atoms with Crippen molar-refractivity contribution < 1.29 is 11.4 Å². The highest BCUT2D eigenvalue weighted by Gasteiger charge is 2.49. The summed E-state index contributed by atoms with van der Waals surface area (Å²) in [5.41, 5.74) is 30.0. The molecule has 658 valence electrons. The van der Waals surface area contributed by atoms with Crippen molar-refractivity contribution in [3.8, 4) is 61.8 Å². The van der Waals surface area contributed by atoms with Crippen LogP contribution >= 0.6 is 0 Å². The first-order valence-electron chi connectivity index (χ1n) is 47.4. The molecule has 0 aliphatic heterocycles. The fraction of sp³-hybridized carbons (Fsp3) is 0.0155. The van der Waals surface area contributed by atoms with Crippen LogP contribution in [0.5, 0.6) is 17.2 Å². The lowest BCUT2D eigenvalue weighted by Crippen LogP contribution is -2.37. The zero-order valence-electron chi connectivity index (χ0n) is 76.1. The van der Waals surface area contributed by atoms with Gasteiger partial charge < -0.3 is 21.2 Å². The zero-order chi connectivity index (χ0) is 92.9. The van der Waals surface area contributed by atoms with Crippen LogP contribution in [0.4, 0.5) is 34.1 Å². The minimum absolute atomic E-state index is 0.482. The second-order valence-electron chi connectivity index (χ2n) is 35.4. The van der Waals surface area contributed by atoms with E-state index in [0.717, 1.165) is 88.6 Å². The van der Waals surface area contributed by atoms with Crippen molar-refractivity contribution in [2.24, 2.45) is 0 Å². The van der Waals surface area contributed by atoms with E-state index in [1.165, 1.54) is 121 Å². The number of anilines is 6. The summed E-state index contributed by atoms with van der Waals surface area (Å²) < 4.78 is 19.2. The fourth-order valence-electron chi connectivity index (χ4n) is 21.8. The van der Waals surface area contributed by atoms with Gasteiger partial charge in [0.05, 0.1) is 33.2 Å². The van der Waals surface area contributed by atoms with E-state index in [9.17, 15) is 0 Å². The third-order valence-corrected chi connectivity index (χ3v) is 29.2. The quantitative estimate of drug-likeness (QED) is 0.0610. The van der Waals surface area contributed by atoms with E-state index in [1.807, 2.05) is 116 Å². The van der Waals surface area contributed by atoms with Crippen LogP contribution in [0, 0.1) is 0 Å². The largest absolute Gasteiger partial charge is 1.20 e. The van der Waals surface area contributed by atoms with E-state index < -0.39 is 26.0 Å². The summed E-state index contributed by atoms with van der Waals surface area (Å²) >= 11 is -2.86. The molecule has 0 unspecified atom stereocenters. The Kier molecular flexibility index (Phi) is 21.6. The number of benzene rings is 20. The first kappa shape index (κ1) is 83.8. The second kappa shape index (κ2) is 36.0. The topological polar surface area (TPSA) is 98.6 Å². The Morgan fingerprint density at radius 3 is 0.814 bits per heavy atom. The number of nitrogens with zero attached hydrogens (tertiary/aromatic N) is 7. The maximum absolute atomic E-state index is 6.41. The molecular weight excluding hydrogens is 1720 g/mol. The minimum atomic E-state index is -2.86. The molecule has 0 spiro atoms. The lowest BCUT2D eigenvalue weighted by molar-refractivity contribution is 0.311. The van der Waals surface area contributed by atoms with E-state index in [1.54, 1.807) is 18.6 Å². The normalized spacial score (nSPS) is 12.4. The van der Waals surface area contributed by atoms with Crippen molar-refractivity contribution in [2.45, 2.75) is 10.8 Å². The summed E-state index contributed by atoms with van der Waals surface area (Å²) in [6.07, 6.45) is 8.99. The summed E-state index contributed by atoms with van der Waals surface area (Å²) in [4.78, 5) is 27.8. The van der Waals surface area contributed by atoms with Gasteiger partial charge in [0, 0.05) is 91.4 Å². The summed E-state index contributed by atoms with van der Waals surface area (Å²) in [7, 11) is 0. The number of hydrogen-bond acceptors (Lipinski definition) is 10. The minimum Gasteiger partial charge on any atom is -0.576 e. The average Bonchev–Trinajstić information content (AvgIpc) is 1.53. The summed E-state index contributed by atoms with van der Waals surface area (Å²) in [6.45, 7) is 0. The van der Waals surface area contributed by atoms with E-state index >= 15 is 0 Å². The highest BCUT2D eigenvalue weighted by molar-refractivity contribution is 6.40. The molecule has 5 aromatic heterocycles. The Morgan fingerprint density at radius 2 is 0.464 bits per heavy atom. The second-order valence-corrected chi connectivity index (χ2v) is 36.7. The van der Waals surface area contributed by atoms with E-state index in [2.05, 4.69) is 423 Å². The van der Waals surface area contributed by atoms with Gasteiger partial charge in [-0.2, -0.15) is 0 Å². The van der Waals surface area contributed by atoms with Gasteiger partial charge in [0.15, 0.2) is 0 Å².